The average molecular weight is 503 g/mol. The number of hydrogen-bond donors (Lipinski definition) is 2. The summed E-state index contributed by atoms with van der Waals surface area (Å²) in [6.07, 6.45) is 9.03. The van der Waals surface area contributed by atoms with E-state index >= 15 is 4.39 Å². The Kier molecular flexibility index (Phi) is 7.43. The predicted molar refractivity (Wildman–Crippen MR) is 134 cm³/mol. The molecule has 1 atom stereocenters. The van der Waals surface area contributed by atoms with Gasteiger partial charge in [-0.05, 0) is 37.8 Å². The highest BCUT2D eigenvalue weighted by atomic mass is 19.1. The normalized spacial score (nSPS) is 22.3. The fraction of sp³-hybridized carbons (Fsp3) is 0.654. The van der Waals surface area contributed by atoms with Gasteiger partial charge >= 0.3 is 11.7 Å². The first-order valence-corrected chi connectivity index (χ1v) is 13.2. The Morgan fingerprint density at radius 1 is 1.06 bits per heavy atom. The van der Waals surface area contributed by atoms with Crippen molar-refractivity contribution in [3.8, 4) is 0 Å². The van der Waals surface area contributed by atoms with Gasteiger partial charge in [-0.1, -0.05) is 32.1 Å². The lowest BCUT2D eigenvalue weighted by Gasteiger charge is -2.32. The number of morpholine rings is 1. The number of hydrogen-bond acceptors (Lipinski definition) is 6. The van der Waals surface area contributed by atoms with E-state index in [1.54, 1.807) is 15.5 Å². The van der Waals surface area contributed by atoms with Crippen molar-refractivity contribution in [1.82, 2.24) is 14.0 Å². The maximum atomic E-state index is 15.2. The van der Waals surface area contributed by atoms with Crippen LogP contribution in [0.15, 0.2) is 21.7 Å². The number of fused-ring (bicyclic) bond motifs is 1. The van der Waals surface area contributed by atoms with E-state index < -0.39 is 29.1 Å². The van der Waals surface area contributed by atoms with Crippen molar-refractivity contribution in [3.63, 3.8) is 0 Å². The van der Waals surface area contributed by atoms with Crippen molar-refractivity contribution in [2.24, 2.45) is 0 Å². The number of halogens is 1. The van der Waals surface area contributed by atoms with Crippen LogP contribution in [-0.4, -0.2) is 63.5 Å². The van der Waals surface area contributed by atoms with Crippen LogP contribution in [0.3, 0.4) is 0 Å². The molecule has 2 aliphatic carbocycles. The zero-order valence-corrected chi connectivity index (χ0v) is 20.6. The Morgan fingerprint density at radius 2 is 1.78 bits per heavy atom. The number of aliphatic carboxylic acids is 1. The summed E-state index contributed by atoms with van der Waals surface area (Å²) in [5.41, 5.74) is -0.125. The highest BCUT2D eigenvalue weighted by Gasteiger charge is 2.30. The highest BCUT2D eigenvalue weighted by molar-refractivity contribution is 5.82. The second-order valence-electron chi connectivity index (χ2n) is 10.3. The number of carboxylic acid groups (broad SMARTS) is 1. The fourth-order valence-corrected chi connectivity index (χ4v) is 6.05. The number of anilines is 1. The second-order valence-corrected chi connectivity index (χ2v) is 10.3. The molecule has 1 saturated heterocycles. The van der Waals surface area contributed by atoms with Crippen molar-refractivity contribution in [1.29, 1.82) is 0 Å². The largest absolute Gasteiger partial charge is 0.480 e. The predicted octanol–water partition coefficient (Wildman–Crippen LogP) is 2.95. The van der Waals surface area contributed by atoms with Crippen LogP contribution in [0.5, 0.6) is 0 Å². The molecule has 1 aromatic heterocycles. The molecule has 2 saturated carbocycles. The smallest absolute Gasteiger partial charge is 0.331 e. The van der Waals surface area contributed by atoms with Crippen LogP contribution in [0.1, 0.15) is 63.8 Å². The first-order chi connectivity index (χ1) is 17.4. The van der Waals surface area contributed by atoms with Gasteiger partial charge in [0.15, 0.2) is 0 Å². The molecule has 5 rings (SSSR count). The summed E-state index contributed by atoms with van der Waals surface area (Å²) in [6.45, 7) is 1.12. The maximum Gasteiger partial charge on any atom is 0.331 e. The Labute approximate surface area is 208 Å². The van der Waals surface area contributed by atoms with Gasteiger partial charge in [-0.25, -0.2) is 9.18 Å². The molecule has 0 amide bonds. The number of aromatic nitrogens is 2. The summed E-state index contributed by atoms with van der Waals surface area (Å²) in [7, 11) is 0. The van der Waals surface area contributed by atoms with E-state index in [0.29, 0.717) is 24.4 Å². The van der Waals surface area contributed by atoms with Gasteiger partial charge < -0.3 is 15.2 Å². The topological polar surface area (TPSA) is 106 Å². The van der Waals surface area contributed by atoms with Gasteiger partial charge in [-0.15, -0.1) is 0 Å². The molecule has 1 aromatic carbocycles. The summed E-state index contributed by atoms with van der Waals surface area (Å²) in [5.74, 6) is -1.49. The number of rotatable bonds is 7. The monoisotopic (exact) mass is 502 g/mol. The van der Waals surface area contributed by atoms with Crippen molar-refractivity contribution in [2.45, 2.75) is 82.5 Å². The molecule has 10 heteroatoms. The Hall–Kier alpha value is -2.72. The van der Waals surface area contributed by atoms with Crippen LogP contribution in [0.25, 0.3) is 10.9 Å². The summed E-state index contributed by atoms with van der Waals surface area (Å²) in [5, 5.41) is 13.0. The number of carbonyl (C=O) groups is 1. The molecule has 0 bridgehead atoms. The standard InChI is InChI=1S/C26H35FN4O5/c27-20-14-19-22(15-21(20)28-17-6-2-1-3-7-17)31(18-8-4-5-9-18)26(35)30(24(19)32)11-10-29-12-13-36-16-23(29)25(33)34/h14-15,17-18,23,28H,1-13,16H2,(H,33,34). The third-order valence-electron chi connectivity index (χ3n) is 8.05. The first-order valence-electron chi connectivity index (χ1n) is 13.2. The second kappa shape index (κ2) is 10.7. The highest BCUT2D eigenvalue weighted by Crippen LogP contribution is 2.32. The lowest BCUT2D eigenvalue weighted by Crippen LogP contribution is -2.52. The van der Waals surface area contributed by atoms with Gasteiger partial charge in [0.1, 0.15) is 11.9 Å². The lowest BCUT2D eigenvalue weighted by atomic mass is 9.95. The van der Waals surface area contributed by atoms with E-state index in [-0.39, 0.29) is 37.2 Å². The van der Waals surface area contributed by atoms with Crippen LogP contribution in [0, 0.1) is 5.82 Å². The van der Waals surface area contributed by atoms with E-state index in [9.17, 15) is 19.5 Å². The minimum absolute atomic E-state index is 0.0355. The zero-order valence-electron chi connectivity index (χ0n) is 20.6. The van der Waals surface area contributed by atoms with E-state index in [0.717, 1.165) is 55.9 Å². The van der Waals surface area contributed by atoms with Gasteiger partial charge in [-0.3, -0.25) is 23.6 Å². The molecule has 36 heavy (non-hydrogen) atoms. The van der Waals surface area contributed by atoms with Gasteiger partial charge in [-0.2, -0.15) is 0 Å². The van der Waals surface area contributed by atoms with E-state index in [1.165, 1.54) is 12.5 Å². The van der Waals surface area contributed by atoms with Crippen molar-refractivity contribution >= 4 is 22.6 Å². The number of carboxylic acids is 1. The Morgan fingerprint density at radius 3 is 2.50 bits per heavy atom. The Balaban J connectivity index is 1.53. The molecular formula is C26H35FN4O5. The van der Waals surface area contributed by atoms with Crippen molar-refractivity contribution in [2.75, 3.05) is 31.6 Å². The molecule has 0 spiro atoms. The molecule has 1 aliphatic heterocycles. The van der Waals surface area contributed by atoms with Crippen LogP contribution in [0.4, 0.5) is 10.1 Å². The van der Waals surface area contributed by atoms with Crippen molar-refractivity contribution in [3.05, 3.63) is 38.8 Å². The number of nitrogens with one attached hydrogen (secondary N) is 1. The number of ether oxygens (including phenoxy) is 1. The van der Waals surface area contributed by atoms with Gasteiger partial charge in [0.2, 0.25) is 0 Å². The SMILES string of the molecule is O=C(O)C1COCCN1CCn1c(=O)c2cc(F)c(NC3CCCCC3)cc2n(C2CCCC2)c1=O. The zero-order chi connectivity index (χ0) is 25.2. The first kappa shape index (κ1) is 25.0. The molecular weight excluding hydrogens is 467 g/mol. The van der Waals surface area contributed by atoms with Crippen LogP contribution >= 0.6 is 0 Å². The summed E-state index contributed by atoms with van der Waals surface area (Å²) in [6, 6.07) is 2.23. The molecule has 9 nitrogen and oxygen atoms in total. The molecule has 1 unspecified atom stereocenters. The molecule has 196 valence electrons. The number of nitrogens with zero attached hydrogens (tertiary/aromatic N) is 3. The Bertz CT molecular complexity index is 1230. The van der Waals surface area contributed by atoms with Crippen LogP contribution < -0.4 is 16.6 Å². The molecule has 2 N–H and O–H groups in total. The molecule has 3 aliphatic rings. The maximum absolute atomic E-state index is 15.2. The van der Waals surface area contributed by atoms with Gasteiger partial charge in [0, 0.05) is 31.7 Å². The third kappa shape index (κ3) is 4.93. The molecule has 0 radical (unpaired) electrons. The third-order valence-corrected chi connectivity index (χ3v) is 8.05. The average Bonchev–Trinajstić information content (AvgIpc) is 3.40. The van der Waals surface area contributed by atoms with Gasteiger partial charge in [0.05, 0.1) is 29.8 Å². The summed E-state index contributed by atoms with van der Waals surface area (Å²) in [4.78, 5) is 40.5. The quantitative estimate of drug-likeness (QED) is 0.600. The summed E-state index contributed by atoms with van der Waals surface area (Å²) >= 11 is 0. The van der Waals surface area contributed by atoms with E-state index in [4.69, 9.17) is 4.74 Å². The van der Waals surface area contributed by atoms with E-state index in [1.807, 2.05) is 0 Å². The minimum Gasteiger partial charge on any atom is -0.480 e. The van der Waals surface area contributed by atoms with E-state index in [2.05, 4.69) is 5.32 Å². The van der Waals surface area contributed by atoms with Crippen molar-refractivity contribution < 1.29 is 19.0 Å². The van der Waals surface area contributed by atoms with Crippen LogP contribution in [-0.2, 0) is 16.1 Å². The molecule has 3 fully saturated rings. The fourth-order valence-electron chi connectivity index (χ4n) is 6.05. The van der Waals surface area contributed by atoms with Crippen LogP contribution in [0.2, 0.25) is 0 Å². The molecule has 2 aromatic rings. The molecule has 2 heterocycles. The summed E-state index contributed by atoms with van der Waals surface area (Å²) < 4.78 is 23.4. The number of benzene rings is 1. The van der Waals surface area contributed by atoms with Gasteiger partial charge in [0.25, 0.3) is 5.56 Å². The lowest BCUT2D eigenvalue weighted by molar-refractivity contribution is -0.149. The minimum atomic E-state index is -0.996.